The number of unbranched alkanes of at least 4 members (excludes halogenated alkanes) is 3. The molecule has 4 nitrogen and oxygen atoms in total. The first-order chi connectivity index (χ1) is 7.00. The number of carbonyl (C=O) groups is 1. The summed E-state index contributed by atoms with van der Waals surface area (Å²) in [5, 5.41) is 0. The van der Waals surface area contributed by atoms with E-state index in [2.05, 4.69) is 6.92 Å². The standard InChI is InChI=1S/C9H14ClNO3S/c1-2-3-4-5-6-11-9(12)7-8(10)15(11,13)14/h7H,2-6H2,1H3. The Morgan fingerprint density at radius 1 is 1.33 bits per heavy atom. The first-order valence-corrected chi connectivity index (χ1v) is 6.76. The van der Waals surface area contributed by atoms with Crippen molar-refractivity contribution in [3.63, 3.8) is 0 Å². The third-order valence-electron chi connectivity index (χ3n) is 2.23. The maximum absolute atomic E-state index is 11.5. The molecule has 86 valence electrons. The Balaban J connectivity index is 2.54. The fourth-order valence-corrected chi connectivity index (χ4v) is 2.84. The molecule has 0 aromatic rings. The van der Waals surface area contributed by atoms with Gasteiger partial charge in [0, 0.05) is 12.6 Å². The van der Waals surface area contributed by atoms with E-state index < -0.39 is 15.9 Å². The van der Waals surface area contributed by atoms with Gasteiger partial charge in [0.25, 0.3) is 15.9 Å². The minimum Gasteiger partial charge on any atom is -0.269 e. The van der Waals surface area contributed by atoms with Crippen LogP contribution >= 0.6 is 11.6 Å². The average Bonchev–Trinajstić information content (AvgIpc) is 2.34. The Kier molecular flexibility index (Phi) is 4.16. The van der Waals surface area contributed by atoms with Crippen LogP contribution in [0.1, 0.15) is 32.6 Å². The lowest BCUT2D eigenvalue weighted by molar-refractivity contribution is -0.121. The number of rotatable bonds is 5. The topological polar surface area (TPSA) is 54.5 Å². The molecular weight excluding hydrogens is 238 g/mol. The quantitative estimate of drug-likeness (QED) is 0.701. The van der Waals surface area contributed by atoms with Crippen molar-refractivity contribution in [3.8, 4) is 0 Å². The second-order valence-electron chi connectivity index (χ2n) is 3.42. The molecule has 15 heavy (non-hydrogen) atoms. The average molecular weight is 252 g/mol. The molecule has 1 amide bonds. The molecule has 0 saturated heterocycles. The number of carbonyl (C=O) groups excluding carboxylic acids is 1. The summed E-state index contributed by atoms with van der Waals surface area (Å²) in [5.41, 5.74) is 0. The molecule has 1 rings (SSSR count). The van der Waals surface area contributed by atoms with Crippen molar-refractivity contribution < 1.29 is 13.2 Å². The SMILES string of the molecule is CCCCCCN1C(=O)C=C(Cl)S1(=O)=O. The molecule has 1 aliphatic rings. The zero-order valence-electron chi connectivity index (χ0n) is 8.57. The Morgan fingerprint density at radius 2 is 2.00 bits per heavy atom. The lowest BCUT2D eigenvalue weighted by atomic mass is 10.2. The highest BCUT2D eigenvalue weighted by Gasteiger charge is 2.35. The van der Waals surface area contributed by atoms with Crippen LogP contribution in [-0.4, -0.2) is 25.2 Å². The van der Waals surface area contributed by atoms with Gasteiger partial charge in [-0.1, -0.05) is 37.8 Å². The molecule has 0 aliphatic carbocycles. The highest BCUT2D eigenvalue weighted by atomic mass is 35.5. The lowest BCUT2D eigenvalue weighted by Gasteiger charge is -2.14. The predicted molar refractivity (Wildman–Crippen MR) is 58.7 cm³/mol. The van der Waals surface area contributed by atoms with Gasteiger partial charge in [0.1, 0.15) is 0 Å². The molecule has 0 saturated carbocycles. The van der Waals surface area contributed by atoms with Gasteiger partial charge < -0.3 is 0 Å². The summed E-state index contributed by atoms with van der Waals surface area (Å²) >= 11 is 5.44. The molecule has 0 fully saturated rings. The van der Waals surface area contributed by atoms with Gasteiger partial charge in [-0.05, 0) is 6.42 Å². The van der Waals surface area contributed by atoms with Gasteiger partial charge in [0.05, 0.1) is 0 Å². The van der Waals surface area contributed by atoms with Crippen LogP contribution in [0.3, 0.4) is 0 Å². The van der Waals surface area contributed by atoms with E-state index in [9.17, 15) is 13.2 Å². The van der Waals surface area contributed by atoms with Crippen LogP contribution in [0.25, 0.3) is 0 Å². The van der Waals surface area contributed by atoms with E-state index in [4.69, 9.17) is 11.6 Å². The van der Waals surface area contributed by atoms with Crippen LogP contribution in [0, 0.1) is 0 Å². The van der Waals surface area contributed by atoms with Crippen LogP contribution in [0.2, 0.25) is 0 Å². The molecule has 1 aliphatic heterocycles. The van der Waals surface area contributed by atoms with E-state index in [1.165, 1.54) is 0 Å². The third kappa shape index (κ3) is 2.72. The molecule has 0 bridgehead atoms. The van der Waals surface area contributed by atoms with Crippen molar-refractivity contribution >= 4 is 27.5 Å². The maximum atomic E-state index is 11.5. The van der Waals surface area contributed by atoms with E-state index >= 15 is 0 Å². The Morgan fingerprint density at radius 3 is 2.47 bits per heavy atom. The Labute approximate surface area is 94.9 Å². The van der Waals surface area contributed by atoms with Gasteiger partial charge >= 0.3 is 0 Å². The van der Waals surface area contributed by atoms with Gasteiger partial charge in [-0.25, -0.2) is 12.7 Å². The molecule has 0 aromatic heterocycles. The molecule has 0 N–H and O–H groups in total. The van der Waals surface area contributed by atoms with Gasteiger partial charge in [0.2, 0.25) is 0 Å². The van der Waals surface area contributed by atoms with Crippen LogP contribution in [-0.2, 0) is 14.8 Å². The monoisotopic (exact) mass is 251 g/mol. The van der Waals surface area contributed by atoms with Crippen LogP contribution < -0.4 is 0 Å². The van der Waals surface area contributed by atoms with Gasteiger partial charge in [0.15, 0.2) is 4.36 Å². The highest BCUT2D eigenvalue weighted by Crippen LogP contribution is 2.24. The van der Waals surface area contributed by atoms with Crippen LogP contribution in [0.15, 0.2) is 10.4 Å². The number of amides is 1. The summed E-state index contributed by atoms with van der Waals surface area (Å²) in [4.78, 5) is 11.2. The largest absolute Gasteiger partial charge is 0.277 e. The number of sulfonamides is 1. The summed E-state index contributed by atoms with van der Waals surface area (Å²) in [7, 11) is -3.69. The molecule has 0 unspecified atom stereocenters. The van der Waals surface area contributed by atoms with E-state index in [1.807, 2.05) is 0 Å². The van der Waals surface area contributed by atoms with E-state index in [0.717, 1.165) is 29.6 Å². The van der Waals surface area contributed by atoms with Crippen molar-refractivity contribution in [1.29, 1.82) is 0 Å². The fourth-order valence-electron chi connectivity index (χ4n) is 1.38. The Bertz CT molecular complexity index is 375. The zero-order chi connectivity index (χ0) is 11.5. The summed E-state index contributed by atoms with van der Waals surface area (Å²) < 4.78 is 23.4. The molecule has 6 heteroatoms. The minimum absolute atomic E-state index is 0.230. The first-order valence-electron chi connectivity index (χ1n) is 4.94. The third-order valence-corrected chi connectivity index (χ3v) is 4.48. The van der Waals surface area contributed by atoms with E-state index in [-0.39, 0.29) is 10.9 Å². The molecular formula is C9H14ClNO3S. The van der Waals surface area contributed by atoms with Crippen molar-refractivity contribution in [2.24, 2.45) is 0 Å². The highest BCUT2D eigenvalue weighted by molar-refractivity contribution is 7.95. The van der Waals surface area contributed by atoms with E-state index in [0.29, 0.717) is 6.42 Å². The zero-order valence-corrected chi connectivity index (χ0v) is 10.1. The Hall–Kier alpha value is -0.550. The molecule has 0 aromatic carbocycles. The second kappa shape index (κ2) is 4.99. The van der Waals surface area contributed by atoms with Crippen molar-refractivity contribution in [2.75, 3.05) is 6.54 Å². The van der Waals surface area contributed by atoms with Crippen LogP contribution in [0.5, 0.6) is 0 Å². The van der Waals surface area contributed by atoms with Crippen molar-refractivity contribution in [2.45, 2.75) is 32.6 Å². The van der Waals surface area contributed by atoms with Gasteiger partial charge in [-0.2, -0.15) is 0 Å². The minimum atomic E-state index is -3.69. The summed E-state index contributed by atoms with van der Waals surface area (Å²) in [6.45, 7) is 2.30. The normalized spacial score (nSPS) is 19.5. The lowest BCUT2D eigenvalue weighted by Crippen LogP contribution is -2.31. The smallest absolute Gasteiger partial charge is 0.269 e. The second-order valence-corrected chi connectivity index (χ2v) is 5.89. The first kappa shape index (κ1) is 12.5. The van der Waals surface area contributed by atoms with Crippen molar-refractivity contribution in [3.05, 3.63) is 10.4 Å². The molecule has 0 radical (unpaired) electrons. The number of halogens is 1. The predicted octanol–water partition coefficient (Wildman–Crippen LogP) is 1.82. The van der Waals surface area contributed by atoms with Crippen LogP contribution in [0.4, 0.5) is 0 Å². The number of hydrogen-bond acceptors (Lipinski definition) is 3. The maximum Gasteiger partial charge on any atom is 0.277 e. The molecule has 1 heterocycles. The number of hydrogen-bond donors (Lipinski definition) is 0. The number of nitrogens with zero attached hydrogens (tertiary/aromatic N) is 1. The van der Waals surface area contributed by atoms with E-state index in [1.54, 1.807) is 0 Å². The van der Waals surface area contributed by atoms with Gasteiger partial charge in [-0.3, -0.25) is 4.79 Å². The molecule has 0 spiro atoms. The summed E-state index contributed by atoms with van der Waals surface area (Å²) in [5.74, 6) is -0.531. The van der Waals surface area contributed by atoms with Crippen molar-refractivity contribution in [1.82, 2.24) is 4.31 Å². The molecule has 0 atom stereocenters. The summed E-state index contributed by atoms with van der Waals surface area (Å²) in [6, 6.07) is 0. The fraction of sp³-hybridized carbons (Fsp3) is 0.667. The summed E-state index contributed by atoms with van der Waals surface area (Å²) in [6.07, 6.45) is 4.68. The van der Waals surface area contributed by atoms with Gasteiger partial charge in [-0.15, -0.1) is 0 Å².